The normalized spacial score (nSPS) is 29.3. The minimum atomic E-state index is -0.244. The summed E-state index contributed by atoms with van der Waals surface area (Å²) in [4.78, 5) is 14.0. The highest BCUT2D eigenvalue weighted by molar-refractivity contribution is 8.00. The van der Waals surface area contributed by atoms with Crippen LogP contribution in [0.3, 0.4) is 0 Å². The van der Waals surface area contributed by atoms with Crippen molar-refractivity contribution in [2.24, 2.45) is 0 Å². The first-order chi connectivity index (χ1) is 9.29. The van der Waals surface area contributed by atoms with Gasteiger partial charge >= 0.3 is 0 Å². The minimum Gasteiger partial charge on any atom is -0.312 e. The fourth-order valence-electron chi connectivity index (χ4n) is 2.63. The summed E-state index contributed by atoms with van der Waals surface area (Å²) in [5, 5.41) is 12.5. The molecule has 0 radical (unpaired) electrons. The van der Waals surface area contributed by atoms with Crippen LogP contribution in [0.4, 0.5) is 0 Å². The van der Waals surface area contributed by atoms with Gasteiger partial charge < -0.3 is 10.2 Å². The van der Waals surface area contributed by atoms with Crippen LogP contribution in [0.25, 0.3) is 0 Å². The third kappa shape index (κ3) is 2.34. The van der Waals surface area contributed by atoms with Gasteiger partial charge in [-0.05, 0) is 5.56 Å². The van der Waals surface area contributed by atoms with E-state index in [2.05, 4.69) is 11.4 Å². The summed E-state index contributed by atoms with van der Waals surface area (Å²) in [6, 6.07) is 11.9. The van der Waals surface area contributed by atoms with Crippen LogP contribution in [-0.4, -0.2) is 34.0 Å². The number of rotatable bonds is 3. The fourth-order valence-corrected chi connectivity index (χ4v) is 4.01. The average Bonchev–Trinajstić information content (AvgIpc) is 2.98. The number of carbonyl (C=O) groups excluding carboxylic acids is 1. The molecule has 1 aromatic rings. The summed E-state index contributed by atoms with van der Waals surface area (Å²) in [6.45, 7) is 0.694. The SMILES string of the molecule is N#C[C@@H]1CSC2CC(NCc3ccccc3)C(=O)N21. The van der Waals surface area contributed by atoms with Crippen molar-refractivity contribution in [1.82, 2.24) is 10.2 Å². The Hall–Kier alpha value is -1.51. The van der Waals surface area contributed by atoms with Crippen LogP contribution in [0.2, 0.25) is 0 Å². The molecule has 0 aliphatic carbocycles. The molecule has 2 unspecified atom stereocenters. The molecule has 1 aromatic carbocycles. The second-order valence-electron chi connectivity index (χ2n) is 4.83. The number of hydrogen-bond donors (Lipinski definition) is 1. The number of nitrogens with one attached hydrogen (secondary N) is 1. The zero-order valence-corrected chi connectivity index (χ0v) is 11.3. The van der Waals surface area contributed by atoms with E-state index in [4.69, 9.17) is 5.26 Å². The van der Waals surface area contributed by atoms with E-state index < -0.39 is 0 Å². The Morgan fingerprint density at radius 3 is 2.95 bits per heavy atom. The Bertz CT molecular complexity index is 513. The molecule has 0 saturated carbocycles. The van der Waals surface area contributed by atoms with Gasteiger partial charge in [0, 0.05) is 18.7 Å². The van der Waals surface area contributed by atoms with Gasteiger partial charge in [-0.25, -0.2) is 0 Å². The summed E-state index contributed by atoms with van der Waals surface area (Å²) in [5.74, 6) is 0.829. The van der Waals surface area contributed by atoms with Crippen LogP contribution >= 0.6 is 11.8 Å². The lowest BCUT2D eigenvalue weighted by Crippen LogP contribution is -2.41. The predicted molar refractivity (Wildman–Crippen MR) is 74.2 cm³/mol. The lowest BCUT2D eigenvalue weighted by atomic mass is 10.2. The number of fused-ring (bicyclic) bond motifs is 1. The molecule has 0 spiro atoms. The van der Waals surface area contributed by atoms with Crippen molar-refractivity contribution < 1.29 is 4.79 Å². The molecule has 4 nitrogen and oxygen atoms in total. The summed E-state index contributed by atoms with van der Waals surface area (Å²) in [7, 11) is 0. The van der Waals surface area contributed by atoms with Crippen molar-refractivity contribution in [3.63, 3.8) is 0 Å². The molecule has 2 fully saturated rings. The van der Waals surface area contributed by atoms with Crippen molar-refractivity contribution >= 4 is 17.7 Å². The number of amides is 1. The van der Waals surface area contributed by atoms with Crippen LogP contribution < -0.4 is 5.32 Å². The van der Waals surface area contributed by atoms with Gasteiger partial charge in [0.05, 0.1) is 17.5 Å². The Kier molecular flexibility index (Phi) is 3.45. The Labute approximate surface area is 116 Å². The van der Waals surface area contributed by atoms with Gasteiger partial charge in [-0.2, -0.15) is 5.26 Å². The highest BCUT2D eigenvalue weighted by atomic mass is 32.2. The lowest BCUT2D eigenvalue weighted by molar-refractivity contribution is -0.130. The van der Waals surface area contributed by atoms with Crippen molar-refractivity contribution in [2.75, 3.05) is 5.75 Å². The summed E-state index contributed by atoms with van der Waals surface area (Å²) in [5.41, 5.74) is 1.17. The van der Waals surface area contributed by atoms with Crippen LogP contribution in [-0.2, 0) is 11.3 Å². The van der Waals surface area contributed by atoms with E-state index in [9.17, 15) is 4.79 Å². The monoisotopic (exact) mass is 273 g/mol. The number of nitriles is 1. The third-order valence-corrected chi connectivity index (χ3v) is 4.94. The predicted octanol–water partition coefficient (Wildman–Crippen LogP) is 1.34. The van der Waals surface area contributed by atoms with Gasteiger partial charge in [0.15, 0.2) is 0 Å². The molecule has 1 amide bonds. The first kappa shape index (κ1) is 12.5. The first-order valence-electron chi connectivity index (χ1n) is 6.40. The molecule has 98 valence electrons. The maximum atomic E-state index is 12.3. The molecule has 3 atom stereocenters. The number of carbonyl (C=O) groups is 1. The van der Waals surface area contributed by atoms with Gasteiger partial charge in [0.1, 0.15) is 6.04 Å². The molecule has 2 saturated heterocycles. The van der Waals surface area contributed by atoms with E-state index in [-0.39, 0.29) is 23.4 Å². The minimum absolute atomic E-state index is 0.0810. The molecule has 2 aliphatic heterocycles. The van der Waals surface area contributed by atoms with Crippen molar-refractivity contribution in [3.8, 4) is 6.07 Å². The number of benzene rings is 1. The Morgan fingerprint density at radius 1 is 1.42 bits per heavy atom. The van der Waals surface area contributed by atoms with E-state index in [1.807, 2.05) is 30.3 Å². The van der Waals surface area contributed by atoms with Crippen molar-refractivity contribution in [2.45, 2.75) is 30.4 Å². The van der Waals surface area contributed by atoms with E-state index in [1.54, 1.807) is 16.7 Å². The summed E-state index contributed by atoms with van der Waals surface area (Å²) >= 11 is 1.72. The van der Waals surface area contributed by atoms with Crippen molar-refractivity contribution in [1.29, 1.82) is 5.26 Å². The van der Waals surface area contributed by atoms with Gasteiger partial charge in [0.2, 0.25) is 5.91 Å². The maximum absolute atomic E-state index is 12.3. The molecule has 0 aromatic heterocycles. The third-order valence-electron chi connectivity index (χ3n) is 3.63. The van der Waals surface area contributed by atoms with Crippen LogP contribution in [0.15, 0.2) is 30.3 Å². The standard InChI is InChI=1S/C14H15N3OS/c15-7-11-9-19-13-6-12(14(18)17(11)13)16-8-10-4-2-1-3-5-10/h1-5,11-13,16H,6,8-9H2/t11-,12?,13?/m1/s1. The molecular weight excluding hydrogens is 258 g/mol. The molecule has 0 bridgehead atoms. The molecule has 2 heterocycles. The van der Waals surface area contributed by atoms with E-state index in [0.29, 0.717) is 6.54 Å². The van der Waals surface area contributed by atoms with Gasteiger partial charge in [-0.15, -0.1) is 11.8 Å². The topological polar surface area (TPSA) is 56.1 Å². The Morgan fingerprint density at radius 2 is 2.21 bits per heavy atom. The zero-order chi connectivity index (χ0) is 13.2. The highest BCUT2D eigenvalue weighted by Crippen LogP contribution is 2.37. The average molecular weight is 273 g/mol. The lowest BCUT2D eigenvalue weighted by Gasteiger charge is -2.18. The van der Waals surface area contributed by atoms with Gasteiger partial charge in [-0.1, -0.05) is 30.3 Å². The summed E-state index contributed by atoms with van der Waals surface area (Å²) in [6.07, 6.45) is 0.800. The summed E-state index contributed by atoms with van der Waals surface area (Å²) < 4.78 is 0. The van der Waals surface area contributed by atoms with Crippen molar-refractivity contribution in [3.05, 3.63) is 35.9 Å². The number of nitrogens with zero attached hydrogens (tertiary/aromatic N) is 2. The highest BCUT2D eigenvalue weighted by Gasteiger charge is 2.47. The van der Waals surface area contributed by atoms with E-state index >= 15 is 0 Å². The van der Waals surface area contributed by atoms with Gasteiger partial charge in [0.25, 0.3) is 0 Å². The van der Waals surface area contributed by atoms with Crippen LogP contribution in [0, 0.1) is 11.3 Å². The van der Waals surface area contributed by atoms with E-state index in [1.165, 1.54) is 5.56 Å². The molecule has 1 N–H and O–H groups in total. The molecular formula is C14H15N3OS. The molecule has 3 rings (SSSR count). The Balaban J connectivity index is 1.62. The number of hydrogen-bond acceptors (Lipinski definition) is 4. The molecule has 5 heteroatoms. The molecule has 19 heavy (non-hydrogen) atoms. The van der Waals surface area contributed by atoms with E-state index in [0.717, 1.165) is 12.2 Å². The van der Waals surface area contributed by atoms with Crippen LogP contribution in [0.1, 0.15) is 12.0 Å². The second kappa shape index (κ2) is 5.24. The quantitative estimate of drug-likeness (QED) is 0.903. The first-order valence-corrected chi connectivity index (χ1v) is 7.45. The van der Waals surface area contributed by atoms with Crippen LogP contribution in [0.5, 0.6) is 0 Å². The smallest absolute Gasteiger partial charge is 0.241 e. The number of thioether (sulfide) groups is 1. The van der Waals surface area contributed by atoms with Gasteiger partial charge in [-0.3, -0.25) is 4.79 Å². The fraction of sp³-hybridized carbons (Fsp3) is 0.429. The largest absolute Gasteiger partial charge is 0.312 e. The zero-order valence-electron chi connectivity index (χ0n) is 10.5. The maximum Gasteiger partial charge on any atom is 0.241 e. The molecule has 2 aliphatic rings. The second-order valence-corrected chi connectivity index (χ2v) is 6.04.